The third-order valence-corrected chi connectivity index (χ3v) is 3.16. The molecule has 0 saturated carbocycles. The highest BCUT2D eigenvalue weighted by Crippen LogP contribution is 2.14. The molecule has 1 aliphatic rings. The van der Waals surface area contributed by atoms with E-state index >= 15 is 0 Å². The molecule has 1 aromatic rings. The van der Waals surface area contributed by atoms with Crippen molar-refractivity contribution in [3.8, 4) is 5.75 Å². The number of aromatic carboxylic acids is 1. The van der Waals surface area contributed by atoms with Crippen molar-refractivity contribution in [2.75, 3.05) is 33.0 Å². The maximum Gasteiger partial charge on any atom is 0.335 e. The molecular formula is C15H20O5. The Hall–Kier alpha value is -1.59. The van der Waals surface area contributed by atoms with Crippen molar-refractivity contribution in [1.82, 2.24) is 0 Å². The van der Waals surface area contributed by atoms with Gasteiger partial charge in [-0.2, -0.15) is 0 Å². The highest BCUT2D eigenvalue weighted by molar-refractivity contribution is 5.87. The number of benzene rings is 1. The second-order valence-corrected chi connectivity index (χ2v) is 4.84. The van der Waals surface area contributed by atoms with Crippen LogP contribution in [0.2, 0.25) is 0 Å². The first kappa shape index (κ1) is 14.8. The zero-order valence-electron chi connectivity index (χ0n) is 11.4. The first-order chi connectivity index (χ1) is 9.75. The van der Waals surface area contributed by atoms with E-state index in [4.69, 9.17) is 19.3 Å². The highest BCUT2D eigenvalue weighted by atomic mass is 16.5. The van der Waals surface area contributed by atoms with E-state index in [1.54, 1.807) is 18.2 Å². The lowest BCUT2D eigenvalue weighted by Crippen LogP contribution is -2.11. The maximum atomic E-state index is 10.8. The summed E-state index contributed by atoms with van der Waals surface area (Å²) in [6, 6.07) is 6.50. The summed E-state index contributed by atoms with van der Waals surface area (Å²) in [7, 11) is 0. The van der Waals surface area contributed by atoms with Gasteiger partial charge in [0.25, 0.3) is 0 Å². The Balaban J connectivity index is 1.58. The quantitative estimate of drug-likeness (QED) is 0.740. The fourth-order valence-electron chi connectivity index (χ4n) is 2.03. The number of carboxylic acids is 1. The van der Waals surface area contributed by atoms with E-state index in [0.717, 1.165) is 32.7 Å². The van der Waals surface area contributed by atoms with Crippen molar-refractivity contribution in [3.63, 3.8) is 0 Å². The Morgan fingerprint density at radius 3 is 3.05 bits per heavy atom. The summed E-state index contributed by atoms with van der Waals surface area (Å²) in [5, 5.41) is 8.87. The standard InChI is InChI=1S/C15H20O5/c16-15(17)13-3-1-4-14(9-13)20-7-2-6-18-10-12-5-8-19-11-12/h1,3-4,9,12H,2,5-8,10-11H2,(H,16,17). The predicted molar refractivity (Wildman–Crippen MR) is 73.3 cm³/mol. The zero-order valence-corrected chi connectivity index (χ0v) is 11.4. The second kappa shape index (κ2) is 7.87. The average Bonchev–Trinajstić information content (AvgIpc) is 2.96. The Bertz CT molecular complexity index is 426. The van der Waals surface area contributed by atoms with Gasteiger partial charge in [-0.25, -0.2) is 4.79 Å². The zero-order chi connectivity index (χ0) is 14.2. The van der Waals surface area contributed by atoms with E-state index in [9.17, 15) is 4.79 Å². The number of hydrogen-bond acceptors (Lipinski definition) is 4. The summed E-state index contributed by atoms with van der Waals surface area (Å²) in [6.45, 7) is 3.56. The lowest BCUT2D eigenvalue weighted by molar-refractivity contribution is 0.0695. The van der Waals surface area contributed by atoms with Crippen LogP contribution in [0, 0.1) is 5.92 Å². The molecule has 0 aromatic heterocycles. The average molecular weight is 280 g/mol. The number of carboxylic acid groups (broad SMARTS) is 1. The van der Waals surface area contributed by atoms with Crippen LogP contribution < -0.4 is 4.74 Å². The van der Waals surface area contributed by atoms with Crippen LogP contribution in [0.3, 0.4) is 0 Å². The van der Waals surface area contributed by atoms with E-state index in [-0.39, 0.29) is 5.56 Å². The van der Waals surface area contributed by atoms with Gasteiger partial charge >= 0.3 is 5.97 Å². The van der Waals surface area contributed by atoms with Gasteiger partial charge in [0.05, 0.1) is 25.4 Å². The van der Waals surface area contributed by atoms with Gasteiger partial charge in [-0.3, -0.25) is 0 Å². The van der Waals surface area contributed by atoms with Gasteiger partial charge in [0, 0.05) is 25.6 Å². The van der Waals surface area contributed by atoms with E-state index in [1.165, 1.54) is 6.07 Å². The van der Waals surface area contributed by atoms with Gasteiger partial charge in [-0.05, 0) is 24.6 Å². The molecule has 110 valence electrons. The number of ether oxygens (including phenoxy) is 3. The van der Waals surface area contributed by atoms with Crippen LogP contribution in [0.4, 0.5) is 0 Å². The molecule has 5 heteroatoms. The van der Waals surface area contributed by atoms with Crippen molar-refractivity contribution in [2.24, 2.45) is 5.92 Å². The highest BCUT2D eigenvalue weighted by Gasteiger charge is 2.15. The monoisotopic (exact) mass is 280 g/mol. The molecule has 2 rings (SSSR count). The van der Waals surface area contributed by atoms with Crippen molar-refractivity contribution >= 4 is 5.97 Å². The number of carbonyl (C=O) groups is 1. The number of hydrogen-bond donors (Lipinski definition) is 1. The van der Waals surface area contributed by atoms with E-state index in [0.29, 0.717) is 24.9 Å². The largest absolute Gasteiger partial charge is 0.493 e. The van der Waals surface area contributed by atoms with Crippen LogP contribution in [-0.2, 0) is 9.47 Å². The summed E-state index contributed by atoms with van der Waals surface area (Å²) < 4.78 is 16.3. The van der Waals surface area contributed by atoms with Crippen LogP contribution in [0.5, 0.6) is 5.75 Å². The van der Waals surface area contributed by atoms with Crippen molar-refractivity contribution < 1.29 is 24.1 Å². The molecule has 0 amide bonds. The molecule has 0 aliphatic carbocycles. The molecule has 1 fully saturated rings. The molecule has 1 aromatic carbocycles. The molecule has 1 atom stereocenters. The van der Waals surface area contributed by atoms with E-state index < -0.39 is 5.97 Å². The Morgan fingerprint density at radius 2 is 2.30 bits per heavy atom. The summed E-state index contributed by atoms with van der Waals surface area (Å²) >= 11 is 0. The van der Waals surface area contributed by atoms with Gasteiger partial charge in [0.2, 0.25) is 0 Å². The lowest BCUT2D eigenvalue weighted by atomic mass is 10.1. The minimum absolute atomic E-state index is 0.236. The Kier molecular flexibility index (Phi) is 5.83. The van der Waals surface area contributed by atoms with Crippen LogP contribution in [0.1, 0.15) is 23.2 Å². The second-order valence-electron chi connectivity index (χ2n) is 4.84. The molecule has 20 heavy (non-hydrogen) atoms. The first-order valence-corrected chi connectivity index (χ1v) is 6.87. The number of rotatable bonds is 8. The Morgan fingerprint density at radius 1 is 1.40 bits per heavy atom. The van der Waals surface area contributed by atoms with Gasteiger partial charge in [0.15, 0.2) is 0 Å². The normalized spacial score (nSPS) is 18.1. The summed E-state index contributed by atoms with van der Waals surface area (Å²) in [4.78, 5) is 10.8. The third-order valence-electron chi connectivity index (χ3n) is 3.16. The topological polar surface area (TPSA) is 65.0 Å². The fraction of sp³-hybridized carbons (Fsp3) is 0.533. The third kappa shape index (κ3) is 4.83. The summed E-state index contributed by atoms with van der Waals surface area (Å²) in [6.07, 6.45) is 1.86. The molecule has 1 heterocycles. The molecular weight excluding hydrogens is 260 g/mol. The first-order valence-electron chi connectivity index (χ1n) is 6.87. The lowest BCUT2D eigenvalue weighted by Gasteiger charge is -2.09. The molecule has 1 saturated heterocycles. The Labute approximate surface area is 118 Å². The van der Waals surface area contributed by atoms with Crippen molar-refractivity contribution in [3.05, 3.63) is 29.8 Å². The predicted octanol–water partition coefficient (Wildman–Crippen LogP) is 2.21. The van der Waals surface area contributed by atoms with Gasteiger partial charge < -0.3 is 19.3 Å². The van der Waals surface area contributed by atoms with Gasteiger partial charge in [-0.15, -0.1) is 0 Å². The molecule has 1 aliphatic heterocycles. The minimum atomic E-state index is -0.947. The van der Waals surface area contributed by atoms with E-state index in [1.807, 2.05) is 0 Å². The molecule has 1 N–H and O–H groups in total. The SMILES string of the molecule is O=C(O)c1cccc(OCCCOCC2CCOC2)c1. The van der Waals surface area contributed by atoms with Gasteiger partial charge in [-0.1, -0.05) is 6.07 Å². The molecule has 0 radical (unpaired) electrons. The molecule has 5 nitrogen and oxygen atoms in total. The van der Waals surface area contributed by atoms with Crippen LogP contribution >= 0.6 is 0 Å². The summed E-state index contributed by atoms with van der Waals surface area (Å²) in [5.74, 6) is 0.162. The smallest absolute Gasteiger partial charge is 0.335 e. The molecule has 1 unspecified atom stereocenters. The van der Waals surface area contributed by atoms with Crippen LogP contribution in [0.15, 0.2) is 24.3 Å². The molecule has 0 spiro atoms. The van der Waals surface area contributed by atoms with Crippen molar-refractivity contribution in [2.45, 2.75) is 12.8 Å². The van der Waals surface area contributed by atoms with Gasteiger partial charge in [0.1, 0.15) is 5.75 Å². The fourth-order valence-corrected chi connectivity index (χ4v) is 2.03. The summed E-state index contributed by atoms with van der Waals surface area (Å²) in [5.41, 5.74) is 0.236. The maximum absolute atomic E-state index is 10.8. The van der Waals surface area contributed by atoms with Crippen LogP contribution in [-0.4, -0.2) is 44.1 Å². The van der Waals surface area contributed by atoms with Crippen molar-refractivity contribution in [1.29, 1.82) is 0 Å². The van der Waals surface area contributed by atoms with Crippen LogP contribution in [0.25, 0.3) is 0 Å². The van der Waals surface area contributed by atoms with E-state index in [2.05, 4.69) is 0 Å². The minimum Gasteiger partial charge on any atom is -0.493 e. The molecule has 0 bridgehead atoms.